The summed E-state index contributed by atoms with van der Waals surface area (Å²) in [6.45, 7) is 3.09. The molecular weight excluding hydrogens is 252 g/mol. The van der Waals surface area contributed by atoms with Crippen molar-refractivity contribution in [1.29, 1.82) is 5.26 Å². The second kappa shape index (κ2) is 5.38. The third kappa shape index (κ3) is 2.63. The molecule has 1 aromatic rings. The standard InChI is InChI=1S/C13H13ClN2O2/c1-9-2-3-10(6-12(9)14)13(17)16-4-5-18-11(7-15)8-16/h2-3,6,11H,4-5,8H2,1H3. The van der Waals surface area contributed by atoms with E-state index in [-0.39, 0.29) is 5.91 Å². The van der Waals surface area contributed by atoms with Gasteiger partial charge in [0.05, 0.1) is 19.2 Å². The maximum Gasteiger partial charge on any atom is 0.254 e. The Morgan fingerprint density at radius 1 is 1.61 bits per heavy atom. The van der Waals surface area contributed by atoms with E-state index in [2.05, 4.69) is 0 Å². The highest BCUT2D eigenvalue weighted by molar-refractivity contribution is 6.31. The number of rotatable bonds is 1. The van der Waals surface area contributed by atoms with Crippen LogP contribution in [0.3, 0.4) is 0 Å². The van der Waals surface area contributed by atoms with E-state index in [1.165, 1.54) is 0 Å². The van der Waals surface area contributed by atoms with Gasteiger partial charge in [0, 0.05) is 17.1 Å². The zero-order chi connectivity index (χ0) is 13.1. The second-order valence-corrected chi connectivity index (χ2v) is 4.61. The quantitative estimate of drug-likeness (QED) is 0.780. The minimum atomic E-state index is -0.538. The molecule has 0 aliphatic carbocycles. The lowest BCUT2D eigenvalue weighted by atomic mass is 10.1. The van der Waals surface area contributed by atoms with Crippen LogP contribution < -0.4 is 0 Å². The first-order valence-corrected chi connectivity index (χ1v) is 6.06. The van der Waals surface area contributed by atoms with E-state index in [0.717, 1.165) is 5.56 Å². The minimum Gasteiger partial charge on any atom is -0.360 e. The van der Waals surface area contributed by atoms with Gasteiger partial charge >= 0.3 is 0 Å². The zero-order valence-electron chi connectivity index (χ0n) is 10.0. The Labute approximate surface area is 111 Å². The van der Waals surface area contributed by atoms with Gasteiger partial charge in [-0.2, -0.15) is 5.26 Å². The summed E-state index contributed by atoms with van der Waals surface area (Å²) >= 11 is 6.01. The van der Waals surface area contributed by atoms with Crippen molar-refractivity contribution in [2.24, 2.45) is 0 Å². The zero-order valence-corrected chi connectivity index (χ0v) is 10.8. The van der Waals surface area contributed by atoms with Crippen molar-refractivity contribution in [3.05, 3.63) is 34.3 Å². The number of hydrogen-bond donors (Lipinski definition) is 0. The van der Waals surface area contributed by atoms with Crippen molar-refractivity contribution in [3.63, 3.8) is 0 Å². The number of carbonyl (C=O) groups excluding carboxylic acids is 1. The molecule has 94 valence electrons. The van der Waals surface area contributed by atoms with E-state index >= 15 is 0 Å². The molecule has 0 bridgehead atoms. The van der Waals surface area contributed by atoms with Crippen LogP contribution in [0.4, 0.5) is 0 Å². The number of carbonyl (C=O) groups is 1. The number of nitriles is 1. The largest absolute Gasteiger partial charge is 0.360 e. The van der Waals surface area contributed by atoms with Gasteiger partial charge in [-0.1, -0.05) is 17.7 Å². The van der Waals surface area contributed by atoms with Crippen LogP contribution >= 0.6 is 11.6 Å². The molecule has 1 aliphatic rings. The van der Waals surface area contributed by atoms with E-state index in [1.807, 2.05) is 19.1 Å². The first kappa shape index (κ1) is 12.9. The molecule has 18 heavy (non-hydrogen) atoms. The minimum absolute atomic E-state index is 0.111. The van der Waals surface area contributed by atoms with Crippen molar-refractivity contribution in [2.45, 2.75) is 13.0 Å². The molecule has 0 spiro atoms. The summed E-state index contributed by atoms with van der Waals surface area (Å²) in [7, 11) is 0. The summed E-state index contributed by atoms with van der Waals surface area (Å²) in [5, 5.41) is 9.38. The van der Waals surface area contributed by atoms with Crippen molar-refractivity contribution in [1.82, 2.24) is 4.90 Å². The van der Waals surface area contributed by atoms with Gasteiger partial charge in [-0.3, -0.25) is 4.79 Å². The molecule has 0 saturated carbocycles. The molecule has 1 unspecified atom stereocenters. The Kier molecular flexibility index (Phi) is 3.85. The van der Waals surface area contributed by atoms with Crippen LogP contribution in [0, 0.1) is 18.3 Å². The van der Waals surface area contributed by atoms with Gasteiger partial charge in [0.2, 0.25) is 0 Å². The molecule has 1 aliphatic heterocycles. The van der Waals surface area contributed by atoms with Crippen LogP contribution in [0.5, 0.6) is 0 Å². The Morgan fingerprint density at radius 2 is 2.39 bits per heavy atom. The summed E-state index contributed by atoms with van der Waals surface area (Å²) in [4.78, 5) is 13.9. The summed E-state index contributed by atoms with van der Waals surface area (Å²) < 4.78 is 5.21. The van der Waals surface area contributed by atoms with E-state index in [0.29, 0.717) is 30.3 Å². The number of nitrogens with zero attached hydrogens (tertiary/aromatic N) is 2. The highest BCUT2D eigenvalue weighted by Crippen LogP contribution is 2.18. The topological polar surface area (TPSA) is 53.3 Å². The van der Waals surface area contributed by atoms with Gasteiger partial charge in [0.1, 0.15) is 0 Å². The van der Waals surface area contributed by atoms with E-state index in [1.54, 1.807) is 17.0 Å². The van der Waals surface area contributed by atoms with Crippen LogP contribution in [0.25, 0.3) is 0 Å². The van der Waals surface area contributed by atoms with Crippen LogP contribution in [-0.4, -0.2) is 36.6 Å². The molecule has 0 N–H and O–H groups in total. The van der Waals surface area contributed by atoms with Gasteiger partial charge in [-0.05, 0) is 24.6 Å². The molecule has 1 fully saturated rings. The Morgan fingerprint density at radius 3 is 3.06 bits per heavy atom. The highest BCUT2D eigenvalue weighted by atomic mass is 35.5. The summed E-state index contributed by atoms with van der Waals surface area (Å²) in [5.74, 6) is -0.111. The van der Waals surface area contributed by atoms with E-state index in [4.69, 9.17) is 21.6 Å². The lowest BCUT2D eigenvalue weighted by Crippen LogP contribution is -2.45. The Balaban J connectivity index is 2.15. The average molecular weight is 265 g/mol. The molecule has 1 aromatic carbocycles. The lowest BCUT2D eigenvalue weighted by Gasteiger charge is -2.29. The molecule has 4 nitrogen and oxygen atoms in total. The number of amides is 1. The molecular formula is C13H13ClN2O2. The lowest BCUT2D eigenvalue weighted by molar-refractivity contribution is 0.00347. The van der Waals surface area contributed by atoms with Gasteiger partial charge in [-0.15, -0.1) is 0 Å². The van der Waals surface area contributed by atoms with Crippen molar-refractivity contribution in [3.8, 4) is 6.07 Å². The number of hydrogen-bond acceptors (Lipinski definition) is 3. The summed E-state index contributed by atoms with van der Waals surface area (Å²) in [5.41, 5.74) is 1.48. The smallest absolute Gasteiger partial charge is 0.254 e. The molecule has 1 heterocycles. The Bertz CT molecular complexity index is 510. The monoisotopic (exact) mass is 264 g/mol. The second-order valence-electron chi connectivity index (χ2n) is 4.20. The molecule has 0 radical (unpaired) electrons. The fourth-order valence-corrected chi connectivity index (χ4v) is 2.00. The molecule has 2 rings (SSSR count). The van der Waals surface area contributed by atoms with E-state index < -0.39 is 6.10 Å². The first-order valence-electron chi connectivity index (χ1n) is 5.68. The van der Waals surface area contributed by atoms with Crippen LogP contribution in [-0.2, 0) is 4.74 Å². The van der Waals surface area contributed by atoms with Crippen LogP contribution in [0.2, 0.25) is 5.02 Å². The summed E-state index contributed by atoms with van der Waals surface area (Å²) in [6, 6.07) is 7.25. The number of aryl methyl sites for hydroxylation is 1. The highest BCUT2D eigenvalue weighted by Gasteiger charge is 2.24. The van der Waals surface area contributed by atoms with Gasteiger partial charge in [0.25, 0.3) is 5.91 Å². The van der Waals surface area contributed by atoms with Gasteiger partial charge in [0.15, 0.2) is 6.10 Å². The first-order chi connectivity index (χ1) is 8.61. The van der Waals surface area contributed by atoms with Crippen molar-refractivity contribution >= 4 is 17.5 Å². The molecule has 1 atom stereocenters. The van der Waals surface area contributed by atoms with Crippen LogP contribution in [0.15, 0.2) is 18.2 Å². The fourth-order valence-electron chi connectivity index (χ4n) is 1.82. The molecule has 1 saturated heterocycles. The molecule has 5 heteroatoms. The van der Waals surface area contributed by atoms with Crippen LogP contribution in [0.1, 0.15) is 15.9 Å². The fraction of sp³-hybridized carbons (Fsp3) is 0.385. The maximum atomic E-state index is 12.2. The number of benzene rings is 1. The predicted molar refractivity (Wildman–Crippen MR) is 67.4 cm³/mol. The third-order valence-corrected chi connectivity index (χ3v) is 3.32. The molecule has 0 aromatic heterocycles. The SMILES string of the molecule is Cc1ccc(C(=O)N2CCOC(C#N)C2)cc1Cl. The maximum absolute atomic E-state index is 12.2. The number of ether oxygens (including phenoxy) is 1. The predicted octanol–water partition coefficient (Wildman–Crippen LogP) is 2.01. The normalized spacial score (nSPS) is 19.4. The summed E-state index contributed by atoms with van der Waals surface area (Å²) in [6.07, 6.45) is -0.538. The van der Waals surface area contributed by atoms with Gasteiger partial charge < -0.3 is 9.64 Å². The number of halogens is 1. The van der Waals surface area contributed by atoms with E-state index in [9.17, 15) is 4.79 Å². The van der Waals surface area contributed by atoms with Crippen molar-refractivity contribution in [2.75, 3.05) is 19.7 Å². The molecule has 1 amide bonds. The average Bonchev–Trinajstić information content (AvgIpc) is 2.41. The van der Waals surface area contributed by atoms with Gasteiger partial charge in [-0.25, -0.2) is 0 Å². The Hall–Kier alpha value is -1.57. The van der Waals surface area contributed by atoms with Crippen molar-refractivity contribution < 1.29 is 9.53 Å². The number of morpholine rings is 1. The third-order valence-electron chi connectivity index (χ3n) is 2.92.